The lowest BCUT2D eigenvalue weighted by Gasteiger charge is -2.04. The molecule has 1 heterocycles. The van der Waals surface area contributed by atoms with Gasteiger partial charge in [-0.25, -0.2) is 5.43 Å². The Morgan fingerprint density at radius 2 is 2.09 bits per heavy atom. The van der Waals surface area contributed by atoms with Crippen LogP contribution in [0.5, 0.6) is 0 Å². The minimum absolute atomic E-state index is 0.0168. The summed E-state index contributed by atoms with van der Waals surface area (Å²) in [5.74, 6) is -0.443. The summed E-state index contributed by atoms with van der Waals surface area (Å²) >= 11 is 0. The van der Waals surface area contributed by atoms with E-state index in [-0.39, 0.29) is 11.4 Å². The molecule has 0 aliphatic carbocycles. The maximum absolute atomic E-state index is 11.8. The van der Waals surface area contributed by atoms with Crippen molar-refractivity contribution in [2.24, 2.45) is 5.10 Å². The number of amides is 1. The smallest absolute Gasteiger partial charge is 0.266 e. The lowest BCUT2D eigenvalue weighted by atomic mass is 10.1. The Bertz CT molecular complexity index is 742. The molecule has 0 aliphatic rings. The van der Waals surface area contributed by atoms with E-state index in [0.717, 1.165) is 0 Å². The summed E-state index contributed by atoms with van der Waals surface area (Å²) in [6, 6.07) is 9.76. The second-order valence-corrected chi connectivity index (χ2v) is 4.61. The molecule has 2 rings (SSSR count). The van der Waals surface area contributed by atoms with Crippen molar-refractivity contribution in [3.63, 3.8) is 0 Å². The molecule has 1 N–H and O–H groups in total. The van der Waals surface area contributed by atoms with Crippen LogP contribution in [0.4, 0.5) is 5.69 Å². The highest BCUT2D eigenvalue weighted by atomic mass is 16.6. The number of pyridine rings is 1. The maximum atomic E-state index is 11.8. The zero-order valence-electron chi connectivity index (χ0n) is 12.1. The number of hydrogen-bond donors (Lipinski definition) is 1. The number of nitrogens with zero attached hydrogens (tertiary/aromatic N) is 3. The predicted octanol–water partition coefficient (Wildman–Crippen LogP) is 2.45. The Morgan fingerprint density at radius 1 is 1.32 bits per heavy atom. The summed E-state index contributed by atoms with van der Waals surface area (Å²) in [7, 11) is 0. The molecule has 0 bridgehead atoms. The van der Waals surface area contributed by atoms with Gasteiger partial charge in [-0.05, 0) is 26.0 Å². The average Bonchev–Trinajstić information content (AvgIpc) is 2.53. The third-order valence-corrected chi connectivity index (χ3v) is 3.05. The summed E-state index contributed by atoms with van der Waals surface area (Å²) in [5.41, 5.74) is 4.24. The van der Waals surface area contributed by atoms with E-state index in [1.807, 2.05) is 0 Å². The van der Waals surface area contributed by atoms with Gasteiger partial charge in [-0.1, -0.05) is 18.2 Å². The van der Waals surface area contributed by atoms with Gasteiger partial charge in [0.05, 0.1) is 10.6 Å². The molecule has 0 aliphatic heterocycles. The van der Waals surface area contributed by atoms with Gasteiger partial charge in [0.25, 0.3) is 11.6 Å². The number of aryl methyl sites for hydroxylation is 1. The predicted molar refractivity (Wildman–Crippen MR) is 81.7 cm³/mol. The highest BCUT2D eigenvalue weighted by Gasteiger charge is 2.12. The van der Waals surface area contributed by atoms with Crippen LogP contribution in [-0.4, -0.2) is 21.5 Å². The largest absolute Gasteiger partial charge is 0.289 e. The third kappa shape index (κ3) is 3.51. The summed E-state index contributed by atoms with van der Waals surface area (Å²) in [5, 5.41) is 14.9. The van der Waals surface area contributed by atoms with Gasteiger partial charge < -0.3 is 0 Å². The van der Waals surface area contributed by atoms with E-state index >= 15 is 0 Å². The summed E-state index contributed by atoms with van der Waals surface area (Å²) in [6.07, 6.45) is 1.51. The van der Waals surface area contributed by atoms with Crippen LogP contribution in [0.25, 0.3) is 0 Å². The van der Waals surface area contributed by atoms with Crippen LogP contribution in [0.3, 0.4) is 0 Å². The number of aromatic nitrogens is 1. The number of rotatable bonds is 4. The van der Waals surface area contributed by atoms with E-state index in [1.165, 1.54) is 12.3 Å². The van der Waals surface area contributed by atoms with Crippen molar-refractivity contribution in [1.29, 1.82) is 0 Å². The van der Waals surface area contributed by atoms with Crippen LogP contribution in [-0.2, 0) is 0 Å². The third-order valence-electron chi connectivity index (χ3n) is 3.05. The number of nitro groups is 1. The molecule has 0 unspecified atom stereocenters. The molecule has 22 heavy (non-hydrogen) atoms. The van der Waals surface area contributed by atoms with Crippen molar-refractivity contribution in [3.8, 4) is 0 Å². The second kappa shape index (κ2) is 6.57. The number of hydrogen-bond acceptors (Lipinski definition) is 5. The molecular weight excluding hydrogens is 284 g/mol. The summed E-state index contributed by atoms with van der Waals surface area (Å²) in [4.78, 5) is 26.2. The van der Waals surface area contributed by atoms with Gasteiger partial charge in [-0.15, -0.1) is 0 Å². The van der Waals surface area contributed by atoms with Crippen LogP contribution < -0.4 is 5.43 Å². The first-order valence-electron chi connectivity index (χ1n) is 6.50. The fraction of sp³-hybridized carbons (Fsp3) is 0.133. The van der Waals surface area contributed by atoms with Crippen molar-refractivity contribution >= 4 is 17.3 Å². The molecular formula is C15H14N4O3. The Morgan fingerprint density at radius 3 is 2.73 bits per heavy atom. The fourth-order valence-electron chi connectivity index (χ4n) is 1.78. The van der Waals surface area contributed by atoms with Gasteiger partial charge in [0.1, 0.15) is 5.69 Å². The molecule has 1 amide bonds. The lowest BCUT2D eigenvalue weighted by molar-refractivity contribution is -0.385. The van der Waals surface area contributed by atoms with Crippen LogP contribution >= 0.6 is 0 Å². The Balaban J connectivity index is 2.18. The Hall–Kier alpha value is -3.09. The van der Waals surface area contributed by atoms with E-state index in [0.29, 0.717) is 16.8 Å². The standard InChI is InChI=1S/C15H14N4O3/c1-10-6-7-12(9-14(10)19(21)22)11(2)17-18-15(20)13-5-3-4-8-16-13/h3-9H,1-2H3,(H,18,20)/b17-11-. The molecule has 0 radical (unpaired) electrons. The first kappa shape index (κ1) is 15.3. The van der Waals surface area contributed by atoms with Gasteiger partial charge in [-0.3, -0.25) is 19.9 Å². The molecule has 0 atom stereocenters. The van der Waals surface area contributed by atoms with E-state index in [2.05, 4.69) is 15.5 Å². The fourth-order valence-corrected chi connectivity index (χ4v) is 1.78. The van der Waals surface area contributed by atoms with Crippen molar-refractivity contribution < 1.29 is 9.72 Å². The molecule has 1 aromatic carbocycles. The molecule has 0 saturated heterocycles. The lowest BCUT2D eigenvalue weighted by Crippen LogP contribution is -2.20. The van der Waals surface area contributed by atoms with Crippen molar-refractivity contribution in [2.75, 3.05) is 0 Å². The average molecular weight is 298 g/mol. The van der Waals surface area contributed by atoms with Crippen LogP contribution in [0, 0.1) is 17.0 Å². The minimum atomic E-state index is -0.446. The van der Waals surface area contributed by atoms with Gasteiger partial charge in [-0.2, -0.15) is 5.10 Å². The van der Waals surface area contributed by atoms with E-state index in [1.54, 1.807) is 44.2 Å². The van der Waals surface area contributed by atoms with Crippen LogP contribution in [0.1, 0.15) is 28.5 Å². The molecule has 7 nitrogen and oxygen atoms in total. The number of benzene rings is 1. The number of nitro benzene ring substituents is 1. The van der Waals surface area contributed by atoms with Gasteiger partial charge in [0.15, 0.2) is 0 Å². The van der Waals surface area contributed by atoms with E-state index in [9.17, 15) is 14.9 Å². The van der Waals surface area contributed by atoms with Crippen LogP contribution in [0.2, 0.25) is 0 Å². The van der Waals surface area contributed by atoms with Crippen LogP contribution in [0.15, 0.2) is 47.7 Å². The topological polar surface area (TPSA) is 97.5 Å². The van der Waals surface area contributed by atoms with Crippen molar-refractivity contribution in [2.45, 2.75) is 13.8 Å². The molecule has 0 fully saturated rings. The Kier molecular flexibility index (Phi) is 4.57. The van der Waals surface area contributed by atoms with E-state index < -0.39 is 10.8 Å². The normalized spacial score (nSPS) is 11.1. The van der Waals surface area contributed by atoms with Crippen molar-refractivity contribution in [1.82, 2.24) is 10.4 Å². The first-order valence-corrected chi connectivity index (χ1v) is 6.50. The molecule has 2 aromatic rings. The molecule has 0 saturated carbocycles. The number of hydrazone groups is 1. The first-order chi connectivity index (χ1) is 10.5. The highest BCUT2D eigenvalue weighted by molar-refractivity contribution is 6.01. The molecule has 0 spiro atoms. The summed E-state index contributed by atoms with van der Waals surface area (Å²) in [6.45, 7) is 3.32. The molecule has 112 valence electrons. The van der Waals surface area contributed by atoms with Crippen molar-refractivity contribution in [3.05, 3.63) is 69.5 Å². The number of nitrogens with one attached hydrogen (secondary N) is 1. The quantitative estimate of drug-likeness (QED) is 0.532. The SMILES string of the molecule is C/C(=N/NC(=O)c1ccccn1)c1ccc(C)c([N+](=O)[O-])c1. The highest BCUT2D eigenvalue weighted by Crippen LogP contribution is 2.19. The zero-order chi connectivity index (χ0) is 16.1. The zero-order valence-corrected chi connectivity index (χ0v) is 12.1. The second-order valence-electron chi connectivity index (χ2n) is 4.61. The minimum Gasteiger partial charge on any atom is -0.266 e. The van der Waals surface area contributed by atoms with Gasteiger partial charge in [0.2, 0.25) is 0 Å². The Labute approximate surface area is 126 Å². The van der Waals surface area contributed by atoms with Gasteiger partial charge in [0, 0.05) is 23.4 Å². The summed E-state index contributed by atoms with van der Waals surface area (Å²) < 4.78 is 0. The van der Waals surface area contributed by atoms with E-state index in [4.69, 9.17) is 0 Å². The number of carbonyl (C=O) groups excluding carboxylic acids is 1. The number of carbonyl (C=O) groups is 1. The van der Waals surface area contributed by atoms with Gasteiger partial charge >= 0.3 is 0 Å². The molecule has 7 heteroatoms. The maximum Gasteiger partial charge on any atom is 0.289 e. The monoisotopic (exact) mass is 298 g/mol. The molecule has 1 aromatic heterocycles.